The second-order valence-electron chi connectivity index (χ2n) is 21.2. The lowest BCUT2D eigenvalue weighted by atomic mass is 9.70. The first kappa shape index (κ1) is 45.0. The van der Waals surface area contributed by atoms with Crippen molar-refractivity contribution in [3.05, 3.63) is 326 Å². The van der Waals surface area contributed by atoms with Crippen LogP contribution in [0, 0.1) is 0 Å². The highest BCUT2D eigenvalue weighted by molar-refractivity contribution is 6.03. The highest BCUT2D eigenvalue weighted by Crippen LogP contribution is 2.63. The molecule has 0 radical (unpaired) electrons. The minimum Gasteiger partial charge on any atom is -0.310 e. The van der Waals surface area contributed by atoms with E-state index in [-0.39, 0.29) is 0 Å². The second-order valence-corrected chi connectivity index (χ2v) is 21.2. The van der Waals surface area contributed by atoms with E-state index in [4.69, 9.17) is 0 Å². The molecule has 368 valence electrons. The van der Waals surface area contributed by atoms with E-state index in [1.807, 2.05) is 0 Å². The molecule has 14 aromatic rings. The molecule has 0 saturated heterocycles. The Labute approximate surface area is 460 Å². The average Bonchev–Trinajstić information content (AvgIpc) is 3.98. The smallest absolute Gasteiger partial charge is 0.0725 e. The minimum absolute atomic E-state index is 0.522. The Kier molecular flexibility index (Phi) is 10.2. The molecule has 0 aromatic heterocycles. The molecule has 0 N–H and O–H groups in total. The van der Waals surface area contributed by atoms with Crippen molar-refractivity contribution in [2.75, 3.05) is 9.80 Å². The quantitative estimate of drug-likeness (QED) is 0.150. The number of nitrogens with zero attached hydrogens (tertiary/aromatic N) is 2. The van der Waals surface area contributed by atoms with E-state index < -0.39 is 5.41 Å². The summed E-state index contributed by atoms with van der Waals surface area (Å²) < 4.78 is 0. The molecule has 0 heterocycles. The Morgan fingerprint density at radius 1 is 0.203 bits per heavy atom. The van der Waals surface area contributed by atoms with Crippen LogP contribution >= 0.6 is 0 Å². The first-order chi connectivity index (χ1) is 39.2. The van der Waals surface area contributed by atoms with Crippen LogP contribution in [0.4, 0.5) is 34.1 Å². The van der Waals surface area contributed by atoms with E-state index in [2.05, 4.69) is 313 Å². The van der Waals surface area contributed by atoms with Crippen molar-refractivity contribution in [3.63, 3.8) is 0 Å². The Balaban J connectivity index is 0.813. The standard InChI is InChI=1S/C77H50N2/c1-3-19-57-47-63(43-35-51(57)15-1)78(75-29-13-21-55-17-5-7-23-65(55)75)61-39-31-53(32-40-61)59-37-45-69-70-46-38-60(50-74(70)77(73(69)49-59)71-27-11-9-25-67(71)68-26-10-12-28-72(68)77)54-33-41-62(42-34-54)79(64-44-36-52-16-2-4-20-58(52)48-64)76-30-14-22-56-18-6-8-24-66(56)76/h1-50H. The van der Waals surface area contributed by atoms with Gasteiger partial charge < -0.3 is 9.80 Å². The molecule has 0 bridgehead atoms. The lowest BCUT2D eigenvalue weighted by Crippen LogP contribution is -2.26. The van der Waals surface area contributed by atoms with Gasteiger partial charge in [0.15, 0.2) is 0 Å². The molecule has 79 heavy (non-hydrogen) atoms. The summed E-state index contributed by atoms with van der Waals surface area (Å²) in [4.78, 5) is 4.83. The van der Waals surface area contributed by atoms with Crippen molar-refractivity contribution in [1.29, 1.82) is 0 Å². The van der Waals surface area contributed by atoms with Gasteiger partial charge in [-0.2, -0.15) is 0 Å². The number of fused-ring (bicyclic) bond motifs is 14. The molecular weight excluding hydrogens is 953 g/mol. The fourth-order valence-corrected chi connectivity index (χ4v) is 13.4. The predicted octanol–water partition coefficient (Wildman–Crippen LogP) is 20.9. The molecular formula is C77H50N2. The van der Waals surface area contributed by atoms with Gasteiger partial charge in [0.25, 0.3) is 0 Å². The summed E-state index contributed by atoms with van der Waals surface area (Å²) in [5.74, 6) is 0. The van der Waals surface area contributed by atoms with Gasteiger partial charge in [0, 0.05) is 33.5 Å². The van der Waals surface area contributed by atoms with Crippen LogP contribution in [0.5, 0.6) is 0 Å². The van der Waals surface area contributed by atoms with Crippen molar-refractivity contribution in [1.82, 2.24) is 0 Å². The average molecular weight is 1000 g/mol. The summed E-state index contributed by atoms with van der Waals surface area (Å²) >= 11 is 0. The van der Waals surface area contributed by atoms with Crippen LogP contribution in [0.3, 0.4) is 0 Å². The lowest BCUT2D eigenvalue weighted by Gasteiger charge is -2.31. The largest absolute Gasteiger partial charge is 0.310 e. The molecule has 2 nitrogen and oxygen atoms in total. The zero-order chi connectivity index (χ0) is 52.0. The molecule has 14 aromatic carbocycles. The molecule has 0 atom stereocenters. The van der Waals surface area contributed by atoms with Gasteiger partial charge in [-0.25, -0.2) is 0 Å². The maximum absolute atomic E-state index is 2.50. The number of anilines is 6. The topological polar surface area (TPSA) is 6.48 Å². The zero-order valence-electron chi connectivity index (χ0n) is 43.3. The van der Waals surface area contributed by atoms with E-state index in [9.17, 15) is 0 Å². The second kappa shape index (κ2) is 17.9. The monoisotopic (exact) mass is 1000 g/mol. The normalized spacial score (nSPS) is 12.7. The third kappa shape index (κ3) is 7.05. The molecule has 1 spiro atoms. The van der Waals surface area contributed by atoms with Crippen LogP contribution in [-0.4, -0.2) is 0 Å². The summed E-state index contributed by atoms with van der Waals surface area (Å²) in [5, 5.41) is 9.74. The third-order valence-corrected chi connectivity index (χ3v) is 17.0. The number of benzene rings is 14. The molecule has 2 aliphatic carbocycles. The summed E-state index contributed by atoms with van der Waals surface area (Å²) in [6.45, 7) is 0. The van der Waals surface area contributed by atoms with Gasteiger partial charge in [-0.05, 0) is 172 Å². The molecule has 0 aliphatic heterocycles. The van der Waals surface area contributed by atoms with Gasteiger partial charge in [0.05, 0.1) is 16.8 Å². The van der Waals surface area contributed by atoms with Crippen LogP contribution in [0.2, 0.25) is 0 Å². The first-order valence-electron chi connectivity index (χ1n) is 27.4. The number of hydrogen-bond acceptors (Lipinski definition) is 2. The van der Waals surface area contributed by atoms with Gasteiger partial charge in [-0.15, -0.1) is 0 Å². The highest BCUT2D eigenvalue weighted by atomic mass is 15.1. The highest BCUT2D eigenvalue weighted by Gasteiger charge is 2.51. The molecule has 2 heteroatoms. The summed E-state index contributed by atoms with van der Waals surface area (Å²) in [7, 11) is 0. The van der Waals surface area contributed by atoms with Crippen molar-refractivity contribution in [2.45, 2.75) is 5.41 Å². The molecule has 2 aliphatic rings. The Morgan fingerprint density at radius 2 is 0.544 bits per heavy atom. The number of rotatable bonds is 8. The van der Waals surface area contributed by atoms with E-state index >= 15 is 0 Å². The Hall–Kier alpha value is -10.3. The fraction of sp³-hybridized carbons (Fsp3) is 0.0130. The molecule has 0 saturated carbocycles. The van der Waals surface area contributed by atoms with E-state index in [1.165, 1.54) is 110 Å². The van der Waals surface area contributed by atoms with Crippen LogP contribution in [0.15, 0.2) is 303 Å². The lowest BCUT2D eigenvalue weighted by molar-refractivity contribution is 0.794. The van der Waals surface area contributed by atoms with Gasteiger partial charge in [-0.1, -0.05) is 231 Å². The zero-order valence-corrected chi connectivity index (χ0v) is 43.3. The SMILES string of the molecule is c1ccc2c(c1)-c1ccccc1C21c2cc(-c3ccc(N(c4ccc5ccccc5c4)c4cccc5ccccc45)cc3)ccc2-c2ccc(-c3ccc(N(c4ccc5ccccc5c4)c4cccc5ccccc45)cc3)cc21. The summed E-state index contributed by atoms with van der Waals surface area (Å²) in [6.07, 6.45) is 0. The molecule has 0 unspecified atom stereocenters. The van der Waals surface area contributed by atoms with Crippen molar-refractivity contribution < 1.29 is 0 Å². The minimum atomic E-state index is -0.522. The van der Waals surface area contributed by atoms with Gasteiger partial charge in [0.1, 0.15) is 0 Å². The molecule has 16 rings (SSSR count). The summed E-state index contributed by atoms with van der Waals surface area (Å²) in [6, 6.07) is 113. The number of hydrogen-bond donors (Lipinski definition) is 0. The summed E-state index contributed by atoms with van der Waals surface area (Å²) in [5.41, 5.74) is 21.4. The Bertz CT molecular complexity index is 4430. The van der Waals surface area contributed by atoms with Crippen LogP contribution in [-0.2, 0) is 5.41 Å². The third-order valence-electron chi connectivity index (χ3n) is 17.0. The maximum Gasteiger partial charge on any atom is 0.0725 e. The predicted molar refractivity (Wildman–Crippen MR) is 333 cm³/mol. The van der Waals surface area contributed by atoms with E-state index in [0.29, 0.717) is 0 Å². The van der Waals surface area contributed by atoms with Crippen molar-refractivity contribution in [3.8, 4) is 44.5 Å². The maximum atomic E-state index is 2.50. The van der Waals surface area contributed by atoms with Gasteiger partial charge in [-0.3, -0.25) is 0 Å². The van der Waals surface area contributed by atoms with Crippen LogP contribution in [0.25, 0.3) is 87.6 Å². The van der Waals surface area contributed by atoms with Gasteiger partial charge >= 0.3 is 0 Å². The van der Waals surface area contributed by atoms with E-state index in [1.54, 1.807) is 0 Å². The van der Waals surface area contributed by atoms with Crippen molar-refractivity contribution >= 4 is 77.2 Å². The molecule has 0 fully saturated rings. The fourth-order valence-electron chi connectivity index (χ4n) is 13.4. The van der Waals surface area contributed by atoms with E-state index in [0.717, 1.165) is 34.1 Å². The van der Waals surface area contributed by atoms with Crippen LogP contribution < -0.4 is 9.80 Å². The van der Waals surface area contributed by atoms with Crippen molar-refractivity contribution in [2.24, 2.45) is 0 Å². The van der Waals surface area contributed by atoms with Crippen LogP contribution in [0.1, 0.15) is 22.3 Å². The molecule has 0 amide bonds. The first-order valence-corrected chi connectivity index (χ1v) is 27.4. The van der Waals surface area contributed by atoms with Gasteiger partial charge in [0.2, 0.25) is 0 Å². The Morgan fingerprint density at radius 3 is 1.00 bits per heavy atom.